The zero-order chi connectivity index (χ0) is 49.2. The molecule has 6 amide bonds. The molecule has 0 unspecified atom stereocenters. The molecule has 0 spiro atoms. The van der Waals surface area contributed by atoms with Crippen molar-refractivity contribution in [2.45, 2.75) is 134 Å². The van der Waals surface area contributed by atoms with Crippen LogP contribution in [0.1, 0.15) is 90.7 Å². The first kappa shape index (κ1) is 54.2. The Kier molecular flexibility index (Phi) is 20.9. The zero-order valence-corrected chi connectivity index (χ0v) is 39.6. The molecule has 23 heteroatoms. The number of alkyl carbamates (subject to hydrolysis) is 2. The van der Waals surface area contributed by atoms with Crippen molar-refractivity contribution < 1.29 is 56.6 Å². The smallest absolute Gasteiger partial charge is 0.408 e. The van der Waals surface area contributed by atoms with E-state index in [1.165, 1.54) is 30.9 Å². The molecule has 5 atom stereocenters. The number of nitrogens with two attached hydrogens (primary N) is 1. The minimum absolute atomic E-state index is 0.0168. The van der Waals surface area contributed by atoms with Crippen LogP contribution in [-0.4, -0.2) is 122 Å². The first-order chi connectivity index (χ1) is 31.0. The number of guanidine groups is 1. The molecule has 0 radical (unpaired) electrons. The van der Waals surface area contributed by atoms with Crippen molar-refractivity contribution in [3.05, 3.63) is 64.7 Å². The van der Waals surface area contributed by atoms with E-state index in [-0.39, 0.29) is 56.8 Å². The van der Waals surface area contributed by atoms with Gasteiger partial charge in [0.05, 0.1) is 4.90 Å². The van der Waals surface area contributed by atoms with Crippen molar-refractivity contribution in [1.29, 1.82) is 0 Å². The van der Waals surface area contributed by atoms with Crippen LogP contribution in [0, 0.1) is 6.92 Å². The van der Waals surface area contributed by atoms with Crippen molar-refractivity contribution in [2.24, 2.45) is 10.7 Å². The maximum absolute atomic E-state index is 14.1. The van der Waals surface area contributed by atoms with E-state index in [1.54, 1.807) is 64.1 Å². The van der Waals surface area contributed by atoms with Crippen molar-refractivity contribution in [2.75, 3.05) is 19.6 Å². The quantitative estimate of drug-likeness (QED) is 0.0479. The Morgan fingerprint density at radius 1 is 0.879 bits per heavy atom. The van der Waals surface area contributed by atoms with Crippen LogP contribution in [-0.2, 0) is 50.1 Å². The second-order valence-corrected chi connectivity index (χ2v) is 18.8. The molecule has 1 fully saturated rings. The SMILES string of the molecule is Cc1ccc(S(=O)(=O)NC(N)=NCCC[C@H](NC(=O)[C@H](C)NC(=O)OC(C)(C)C)C(=O)N2CCC[C@H]2C(=O)N[C@@H](C)C(=O)N[C@@H](CCCCNC(=O)OCc2ccccc2Cl)C(=O)O)cc1. The van der Waals surface area contributed by atoms with Crippen LogP contribution in [0.15, 0.2) is 58.4 Å². The highest BCUT2D eigenvalue weighted by Gasteiger charge is 2.39. The van der Waals surface area contributed by atoms with E-state index < -0.39 is 93.6 Å². The maximum Gasteiger partial charge on any atom is 0.408 e. The molecule has 1 saturated heterocycles. The molecule has 66 heavy (non-hydrogen) atoms. The summed E-state index contributed by atoms with van der Waals surface area (Å²) in [7, 11) is -4.03. The van der Waals surface area contributed by atoms with E-state index in [0.29, 0.717) is 29.8 Å². The molecular formula is C43H62ClN9O12S. The number of nitrogens with zero attached hydrogens (tertiary/aromatic N) is 2. The predicted molar refractivity (Wildman–Crippen MR) is 243 cm³/mol. The lowest BCUT2D eigenvalue weighted by Gasteiger charge is -2.30. The van der Waals surface area contributed by atoms with Crippen LogP contribution < -0.4 is 37.0 Å². The van der Waals surface area contributed by atoms with Gasteiger partial charge in [0, 0.05) is 30.2 Å². The van der Waals surface area contributed by atoms with Crippen LogP contribution in [0.25, 0.3) is 0 Å². The van der Waals surface area contributed by atoms with E-state index >= 15 is 0 Å². The number of ether oxygens (including phenoxy) is 2. The average Bonchev–Trinajstić information content (AvgIpc) is 3.73. The minimum Gasteiger partial charge on any atom is -0.480 e. The van der Waals surface area contributed by atoms with Crippen LogP contribution in [0.5, 0.6) is 0 Å². The molecule has 0 bridgehead atoms. The standard InChI is InChI=1S/C43H62ClN9O12S/c1-26-18-20-30(21-19-26)66(62,63)52-40(45)46-23-11-16-32(50-36(55)28(3)49-42(61)65-43(4,5)6)38(57)53-24-12-17-34(53)37(56)48-27(2)35(54)51-33(39(58)59)15-9-10-22-47-41(60)64-25-29-13-7-8-14-31(29)44/h7-8,13-14,18-21,27-28,32-34H,9-12,15-17,22-25H2,1-6H3,(H,47,60)(H,48,56)(H,49,61)(H,50,55)(H,51,54)(H,58,59)(H3,45,46,52)/t27-,28-,32-,33-,34-/m0/s1. The summed E-state index contributed by atoms with van der Waals surface area (Å²) in [6.45, 7) is 9.70. The third-order valence-corrected chi connectivity index (χ3v) is 11.7. The van der Waals surface area contributed by atoms with Crippen LogP contribution in [0.3, 0.4) is 0 Å². The van der Waals surface area contributed by atoms with E-state index in [1.807, 2.05) is 0 Å². The Morgan fingerprint density at radius 3 is 2.14 bits per heavy atom. The van der Waals surface area contributed by atoms with Gasteiger partial charge in [-0.1, -0.05) is 47.5 Å². The van der Waals surface area contributed by atoms with Gasteiger partial charge >= 0.3 is 18.2 Å². The van der Waals surface area contributed by atoms with Gasteiger partial charge in [-0.2, -0.15) is 0 Å². The highest BCUT2D eigenvalue weighted by molar-refractivity contribution is 7.90. The van der Waals surface area contributed by atoms with Crippen LogP contribution >= 0.6 is 11.6 Å². The van der Waals surface area contributed by atoms with E-state index in [9.17, 15) is 47.1 Å². The topological polar surface area (TPSA) is 306 Å². The van der Waals surface area contributed by atoms with E-state index in [2.05, 4.69) is 36.3 Å². The van der Waals surface area contributed by atoms with Crippen molar-refractivity contribution >= 4 is 69.4 Å². The van der Waals surface area contributed by atoms with Gasteiger partial charge in [0.25, 0.3) is 10.0 Å². The Balaban J connectivity index is 1.60. The molecule has 2 aromatic rings. The summed E-state index contributed by atoms with van der Waals surface area (Å²) in [4.78, 5) is 96.0. The molecule has 0 aromatic heterocycles. The first-order valence-corrected chi connectivity index (χ1v) is 23.3. The maximum atomic E-state index is 14.1. The molecule has 2 aromatic carbocycles. The number of amides is 6. The summed E-state index contributed by atoms with van der Waals surface area (Å²) >= 11 is 6.07. The highest BCUT2D eigenvalue weighted by atomic mass is 35.5. The van der Waals surface area contributed by atoms with E-state index in [4.69, 9.17) is 26.8 Å². The van der Waals surface area contributed by atoms with Gasteiger partial charge in [-0.15, -0.1) is 0 Å². The van der Waals surface area contributed by atoms with Crippen LogP contribution in [0.4, 0.5) is 9.59 Å². The number of aryl methyl sites for hydroxylation is 1. The molecule has 3 rings (SSSR count). The second kappa shape index (κ2) is 25.5. The Morgan fingerprint density at radius 2 is 1.50 bits per heavy atom. The van der Waals surface area contributed by atoms with Crippen LogP contribution in [0.2, 0.25) is 5.02 Å². The molecule has 0 aliphatic carbocycles. The first-order valence-electron chi connectivity index (χ1n) is 21.4. The van der Waals surface area contributed by atoms with Gasteiger partial charge in [0.2, 0.25) is 29.6 Å². The number of hydrogen-bond acceptors (Lipinski definition) is 12. The van der Waals surface area contributed by atoms with E-state index in [0.717, 1.165) is 5.56 Å². The number of hydrogen-bond donors (Lipinski definition) is 8. The number of carboxylic acids is 1. The fourth-order valence-corrected chi connectivity index (χ4v) is 7.59. The summed E-state index contributed by atoms with van der Waals surface area (Å²) in [6, 6.07) is 6.99. The summed E-state index contributed by atoms with van der Waals surface area (Å²) in [5.74, 6) is -4.57. The zero-order valence-electron chi connectivity index (χ0n) is 38.0. The highest BCUT2D eigenvalue weighted by Crippen LogP contribution is 2.21. The Bertz CT molecular complexity index is 2170. The second-order valence-electron chi connectivity index (χ2n) is 16.7. The number of aliphatic imine (C=N–C) groups is 1. The average molecular weight is 965 g/mol. The summed E-state index contributed by atoms with van der Waals surface area (Å²) < 4.78 is 38.1. The normalized spacial score (nSPS) is 15.8. The van der Waals surface area contributed by atoms with Gasteiger partial charge in [-0.3, -0.25) is 24.2 Å². The van der Waals surface area contributed by atoms with Gasteiger partial charge in [0.1, 0.15) is 42.4 Å². The summed E-state index contributed by atoms with van der Waals surface area (Å²) in [5.41, 5.74) is 6.51. The van der Waals surface area contributed by atoms with Gasteiger partial charge in [-0.25, -0.2) is 27.5 Å². The fourth-order valence-electron chi connectivity index (χ4n) is 6.45. The molecule has 364 valence electrons. The predicted octanol–water partition coefficient (Wildman–Crippen LogP) is 2.58. The Hall–Kier alpha value is -6.16. The third kappa shape index (κ3) is 18.4. The molecule has 1 aliphatic heterocycles. The van der Waals surface area contributed by atoms with Gasteiger partial charge in [-0.05, 0) is 105 Å². The number of unbranched alkanes of at least 4 members (excludes halogenated alkanes) is 1. The number of sulfonamides is 1. The lowest BCUT2D eigenvalue weighted by molar-refractivity contribution is -0.143. The number of carbonyl (C=O) groups is 7. The van der Waals surface area contributed by atoms with Gasteiger partial charge in [0.15, 0.2) is 0 Å². The molecule has 1 heterocycles. The summed E-state index contributed by atoms with van der Waals surface area (Å²) in [6.07, 6.45) is -0.173. The number of likely N-dealkylation sites (tertiary alicyclic amines) is 1. The number of halogens is 1. The number of aliphatic carboxylic acids is 1. The fraction of sp³-hybridized carbons (Fsp3) is 0.535. The van der Waals surface area contributed by atoms with Crippen molar-refractivity contribution in [3.63, 3.8) is 0 Å². The number of benzene rings is 2. The number of rotatable bonds is 22. The number of carbonyl (C=O) groups excluding carboxylic acids is 6. The molecular weight excluding hydrogens is 902 g/mol. The minimum atomic E-state index is -4.03. The lowest BCUT2D eigenvalue weighted by Crippen LogP contribution is -2.58. The number of carboxylic acid groups (broad SMARTS) is 1. The molecule has 0 saturated carbocycles. The third-order valence-electron chi connectivity index (χ3n) is 9.96. The molecule has 21 nitrogen and oxygen atoms in total. The van der Waals surface area contributed by atoms with Crippen molar-refractivity contribution in [3.8, 4) is 0 Å². The lowest BCUT2D eigenvalue weighted by atomic mass is 10.1. The summed E-state index contributed by atoms with van der Waals surface area (Å²) in [5, 5.41) is 22.9. The largest absolute Gasteiger partial charge is 0.480 e. The van der Waals surface area contributed by atoms with Crippen molar-refractivity contribution in [1.82, 2.24) is 36.2 Å². The van der Waals surface area contributed by atoms with Gasteiger partial charge < -0.3 is 51.8 Å². The molecule has 9 N–H and O–H groups in total. The number of nitrogens with one attached hydrogen (secondary N) is 6. The monoisotopic (exact) mass is 963 g/mol. The Labute approximate surface area is 389 Å². The molecule has 1 aliphatic rings.